The Labute approximate surface area is 110 Å². The quantitative estimate of drug-likeness (QED) is 0.752. The molecule has 0 saturated heterocycles. The number of anilines is 1. The number of rotatable bonds is 2. The van der Waals surface area contributed by atoms with E-state index < -0.39 is 0 Å². The molecule has 0 radical (unpaired) electrons. The largest absolute Gasteiger partial charge is 0.369 e. The number of fused-ring (bicyclic) bond motifs is 1. The smallest absolute Gasteiger partial charge is 0.202 e. The highest BCUT2D eigenvalue weighted by Gasteiger charge is 2.16. The first-order chi connectivity index (χ1) is 9.08. The highest BCUT2D eigenvalue weighted by molar-refractivity contribution is 5.77. The van der Waals surface area contributed by atoms with E-state index >= 15 is 0 Å². The van der Waals surface area contributed by atoms with Crippen LogP contribution in [0.1, 0.15) is 16.8 Å². The van der Waals surface area contributed by atoms with E-state index in [9.17, 15) is 0 Å². The second-order valence-electron chi connectivity index (χ2n) is 4.74. The van der Waals surface area contributed by atoms with Gasteiger partial charge in [-0.15, -0.1) is 0 Å². The van der Waals surface area contributed by atoms with E-state index in [2.05, 4.69) is 22.0 Å². The summed E-state index contributed by atoms with van der Waals surface area (Å²) >= 11 is 0. The molecule has 0 aromatic carbocycles. The normalized spacial score (nSPS) is 11.3. The summed E-state index contributed by atoms with van der Waals surface area (Å²) in [6.45, 7) is 4.66. The van der Waals surface area contributed by atoms with Crippen molar-refractivity contribution in [1.29, 1.82) is 0 Å². The van der Waals surface area contributed by atoms with Crippen LogP contribution in [-0.2, 0) is 13.6 Å². The molecule has 0 aliphatic heterocycles. The molecule has 0 bridgehead atoms. The van der Waals surface area contributed by atoms with Crippen molar-refractivity contribution < 1.29 is 0 Å². The number of hydrogen-bond donors (Lipinski definition) is 1. The fourth-order valence-electron chi connectivity index (χ4n) is 2.34. The zero-order valence-corrected chi connectivity index (χ0v) is 11.3. The van der Waals surface area contributed by atoms with Gasteiger partial charge < -0.3 is 5.73 Å². The minimum atomic E-state index is 0.509. The summed E-state index contributed by atoms with van der Waals surface area (Å²) in [7, 11) is 1.91. The Hall–Kier alpha value is -2.37. The molecule has 0 spiro atoms. The standard InChI is InChI=1S/C13H16N6/c1-8-4-5-15-6-10(8)7-19-12-11(16-13(19)14)9(2)17-18(12)3/h4-6H,7H2,1-3H3,(H2,14,16). The maximum absolute atomic E-state index is 6.02. The molecule has 0 amide bonds. The molecular formula is C13H16N6. The number of nitrogen functional groups attached to an aromatic ring is 1. The number of nitrogens with two attached hydrogens (primary N) is 1. The first kappa shape index (κ1) is 11.7. The van der Waals surface area contributed by atoms with E-state index in [0.29, 0.717) is 12.5 Å². The lowest BCUT2D eigenvalue weighted by Crippen LogP contribution is -2.09. The molecule has 19 heavy (non-hydrogen) atoms. The third kappa shape index (κ3) is 1.76. The van der Waals surface area contributed by atoms with Crippen molar-refractivity contribution in [3.63, 3.8) is 0 Å². The summed E-state index contributed by atoms with van der Waals surface area (Å²) in [5.74, 6) is 0.509. The van der Waals surface area contributed by atoms with Crippen LogP contribution in [0.25, 0.3) is 11.2 Å². The Morgan fingerprint density at radius 2 is 2.11 bits per heavy atom. The Morgan fingerprint density at radius 1 is 1.32 bits per heavy atom. The Kier molecular flexibility index (Phi) is 2.51. The fourth-order valence-corrected chi connectivity index (χ4v) is 2.34. The molecule has 3 aromatic rings. The minimum absolute atomic E-state index is 0.509. The maximum atomic E-state index is 6.02. The Bertz CT molecular complexity index is 752. The first-order valence-corrected chi connectivity index (χ1v) is 6.12. The molecule has 98 valence electrons. The molecular weight excluding hydrogens is 240 g/mol. The van der Waals surface area contributed by atoms with Gasteiger partial charge in [-0.2, -0.15) is 5.10 Å². The van der Waals surface area contributed by atoms with Crippen LogP contribution < -0.4 is 5.73 Å². The fraction of sp³-hybridized carbons (Fsp3) is 0.308. The number of aryl methyl sites for hydroxylation is 3. The highest BCUT2D eigenvalue weighted by Crippen LogP contribution is 2.22. The van der Waals surface area contributed by atoms with E-state index in [1.54, 1.807) is 6.20 Å². The lowest BCUT2D eigenvalue weighted by molar-refractivity contribution is 0.723. The van der Waals surface area contributed by atoms with Gasteiger partial charge in [-0.1, -0.05) is 0 Å². The van der Waals surface area contributed by atoms with Crippen molar-refractivity contribution in [3.05, 3.63) is 35.3 Å². The molecule has 3 aromatic heterocycles. The zero-order valence-electron chi connectivity index (χ0n) is 11.3. The summed E-state index contributed by atoms with van der Waals surface area (Å²) in [6.07, 6.45) is 3.66. The number of imidazole rings is 1. The van der Waals surface area contributed by atoms with Gasteiger partial charge in [-0.25, -0.2) is 4.98 Å². The molecule has 6 heteroatoms. The van der Waals surface area contributed by atoms with E-state index in [1.165, 1.54) is 5.56 Å². The van der Waals surface area contributed by atoms with Crippen LogP contribution in [0.3, 0.4) is 0 Å². The topological polar surface area (TPSA) is 74.6 Å². The lowest BCUT2D eigenvalue weighted by atomic mass is 10.1. The van der Waals surface area contributed by atoms with Crippen LogP contribution in [0, 0.1) is 13.8 Å². The van der Waals surface area contributed by atoms with Crippen LogP contribution in [0.4, 0.5) is 5.95 Å². The molecule has 3 heterocycles. The molecule has 0 atom stereocenters. The first-order valence-electron chi connectivity index (χ1n) is 6.12. The molecule has 0 aliphatic carbocycles. The lowest BCUT2D eigenvalue weighted by Gasteiger charge is -2.09. The van der Waals surface area contributed by atoms with Crippen molar-refractivity contribution >= 4 is 17.1 Å². The van der Waals surface area contributed by atoms with Gasteiger partial charge in [-0.3, -0.25) is 14.2 Å². The minimum Gasteiger partial charge on any atom is -0.369 e. The summed E-state index contributed by atoms with van der Waals surface area (Å²) in [5, 5.41) is 4.38. The van der Waals surface area contributed by atoms with Gasteiger partial charge in [0.05, 0.1) is 12.2 Å². The van der Waals surface area contributed by atoms with Crippen molar-refractivity contribution in [1.82, 2.24) is 24.3 Å². The Morgan fingerprint density at radius 3 is 2.84 bits per heavy atom. The van der Waals surface area contributed by atoms with Crippen LogP contribution >= 0.6 is 0 Å². The second-order valence-corrected chi connectivity index (χ2v) is 4.74. The van der Waals surface area contributed by atoms with Crippen LogP contribution in [0.5, 0.6) is 0 Å². The van der Waals surface area contributed by atoms with Crippen LogP contribution in [0.2, 0.25) is 0 Å². The molecule has 0 saturated carbocycles. The summed E-state index contributed by atoms with van der Waals surface area (Å²) in [6, 6.07) is 1.99. The van der Waals surface area contributed by atoms with E-state index in [0.717, 1.165) is 22.4 Å². The maximum Gasteiger partial charge on any atom is 0.202 e. The highest BCUT2D eigenvalue weighted by atomic mass is 15.3. The van der Waals surface area contributed by atoms with Gasteiger partial charge >= 0.3 is 0 Å². The summed E-state index contributed by atoms with van der Waals surface area (Å²) < 4.78 is 3.79. The van der Waals surface area contributed by atoms with E-state index in [1.807, 2.05) is 35.5 Å². The molecule has 0 fully saturated rings. The third-order valence-corrected chi connectivity index (χ3v) is 3.40. The third-order valence-electron chi connectivity index (χ3n) is 3.40. The number of hydrogen-bond acceptors (Lipinski definition) is 4. The summed E-state index contributed by atoms with van der Waals surface area (Å²) in [4.78, 5) is 8.56. The van der Waals surface area contributed by atoms with Gasteiger partial charge in [-0.05, 0) is 31.0 Å². The number of pyridine rings is 1. The molecule has 2 N–H and O–H groups in total. The van der Waals surface area contributed by atoms with Crippen LogP contribution in [-0.4, -0.2) is 24.3 Å². The van der Waals surface area contributed by atoms with E-state index in [4.69, 9.17) is 5.73 Å². The van der Waals surface area contributed by atoms with Crippen molar-refractivity contribution in [2.24, 2.45) is 7.05 Å². The molecule has 0 aliphatic rings. The van der Waals surface area contributed by atoms with Gasteiger partial charge in [0.1, 0.15) is 5.52 Å². The van der Waals surface area contributed by atoms with Gasteiger partial charge in [0.15, 0.2) is 5.65 Å². The molecule has 6 nitrogen and oxygen atoms in total. The van der Waals surface area contributed by atoms with Gasteiger partial charge in [0.25, 0.3) is 0 Å². The van der Waals surface area contributed by atoms with Crippen molar-refractivity contribution in [2.75, 3.05) is 5.73 Å². The van der Waals surface area contributed by atoms with E-state index in [-0.39, 0.29) is 0 Å². The van der Waals surface area contributed by atoms with Gasteiger partial charge in [0, 0.05) is 19.4 Å². The average Bonchev–Trinajstić information content (AvgIpc) is 2.82. The average molecular weight is 256 g/mol. The second kappa shape index (κ2) is 4.08. The number of nitrogens with zero attached hydrogens (tertiary/aromatic N) is 5. The molecule has 3 rings (SSSR count). The monoisotopic (exact) mass is 256 g/mol. The predicted octanol–water partition coefficient (Wildman–Crippen LogP) is 1.41. The zero-order chi connectivity index (χ0) is 13.6. The SMILES string of the molecule is Cc1ccncc1Cn1c(N)nc2c(C)nn(C)c21. The summed E-state index contributed by atoms with van der Waals surface area (Å²) in [5.41, 5.74) is 11.0. The number of aromatic nitrogens is 5. The Balaban J connectivity index is 2.15. The van der Waals surface area contributed by atoms with Gasteiger partial charge in [0.2, 0.25) is 5.95 Å². The van der Waals surface area contributed by atoms with Crippen molar-refractivity contribution in [3.8, 4) is 0 Å². The van der Waals surface area contributed by atoms with Crippen molar-refractivity contribution in [2.45, 2.75) is 20.4 Å². The predicted molar refractivity (Wildman–Crippen MR) is 73.7 cm³/mol. The van der Waals surface area contributed by atoms with Crippen LogP contribution in [0.15, 0.2) is 18.5 Å². The molecule has 0 unspecified atom stereocenters.